The van der Waals surface area contributed by atoms with E-state index in [0.29, 0.717) is 12.3 Å². The fourth-order valence-electron chi connectivity index (χ4n) is 1.18. The molecule has 0 aromatic carbocycles. The fraction of sp³-hybridized carbons (Fsp3) is 0.111. The zero-order chi connectivity index (χ0) is 10.8. The van der Waals surface area contributed by atoms with Crippen molar-refractivity contribution in [1.29, 1.82) is 0 Å². The van der Waals surface area contributed by atoms with Gasteiger partial charge in [0.15, 0.2) is 5.76 Å². The molecule has 2 N–H and O–H groups in total. The van der Waals surface area contributed by atoms with Crippen molar-refractivity contribution in [2.75, 3.05) is 0 Å². The maximum atomic E-state index is 10.8. The predicted octanol–water partition coefficient (Wildman–Crippen LogP) is 1.39. The third-order valence-electron chi connectivity index (χ3n) is 1.82. The lowest BCUT2D eigenvalue weighted by Crippen LogP contribution is -2.09. The zero-order valence-electron chi connectivity index (χ0n) is 7.68. The molecule has 0 atom stereocenters. The van der Waals surface area contributed by atoms with E-state index in [2.05, 4.69) is 21.0 Å². The molecular weight excluding hydrogens is 262 g/mol. The van der Waals surface area contributed by atoms with Crippen molar-refractivity contribution < 1.29 is 9.21 Å². The summed E-state index contributed by atoms with van der Waals surface area (Å²) in [5, 5.41) is 4.06. The minimum Gasteiger partial charge on any atom is -0.454 e. The average molecular weight is 270 g/mol. The summed E-state index contributed by atoms with van der Waals surface area (Å²) in [7, 11) is 0. The van der Waals surface area contributed by atoms with Gasteiger partial charge in [-0.1, -0.05) is 0 Å². The van der Waals surface area contributed by atoms with Gasteiger partial charge in [-0.25, -0.2) is 0 Å². The predicted molar refractivity (Wildman–Crippen MR) is 56.3 cm³/mol. The van der Waals surface area contributed by atoms with Gasteiger partial charge in [0.25, 0.3) is 5.91 Å². The molecule has 0 spiro atoms. The van der Waals surface area contributed by atoms with Gasteiger partial charge in [-0.2, -0.15) is 5.10 Å². The summed E-state index contributed by atoms with van der Waals surface area (Å²) in [6.45, 7) is 0.471. The summed E-state index contributed by atoms with van der Waals surface area (Å²) >= 11 is 3.29. The molecule has 0 aliphatic carbocycles. The number of furan rings is 1. The second-order valence-electron chi connectivity index (χ2n) is 2.99. The van der Waals surface area contributed by atoms with Crippen LogP contribution in [0.2, 0.25) is 0 Å². The topological polar surface area (TPSA) is 74.1 Å². The molecule has 78 valence electrons. The van der Waals surface area contributed by atoms with E-state index in [-0.39, 0.29) is 5.76 Å². The van der Waals surface area contributed by atoms with Crippen LogP contribution in [0, 0.1) is 0 Å². The summed E-state index contributed by atoms with van der Waals surface area (Å²) < 4.78 is 7.79. The number of halogens is 1. The number of carbonyl (C=O) groups is 1. The van der Waals surface area contributed by atoms with Crippen LogP contribution < -0.4 is 5.73 Å². The first-order valence-electron chi connectivity index (χ1n) is 4.21. The molecule has 0 saturated heterocycles. The van der Waals surface area contributed by atoms with E-state index in [1.807, 2.05) is 6.20 Å². The number of hydrogen-bond donors (Lipinski definition) is 1. The van der Waals surface area contributed by atoms with Crippen LogP contribution in [0.5, 0.6) is 0 Å². The first kappa shape index (κ1) is 9.97. The molecule has 2 aromatic heterocycles. The molecular formula is C9H8BrN3O2. The summed E-state index contributed by atoms with van der Waals surface area (Å²) in [6, 6.07) is 3.26. The molecule has 6 heteroatoms. The quantitative estimate of drug-likeness (QED) is 0.915. The van der Waals surface area contributed by atoms with Crippen LogP contribution in [-0.4, -0.2) is 15.7 Å². The Kier molecular flexibility index (Phi) is 2.59. The SMILES string of the molecule is NC(=O)c1ccc(Cn2cc(Br)cn2)o1. The van der Waals surface area contributed by atoms with Crippen molar-refractivity contribution in [3.05, 3.63) is 40.5 Å². The number of rotatable bonds is 3. The van der Waals surface area contributed by atoms with Crippen molar-refractivity contribution >= 4 is 21.8 Å². The molecule has 0 unspecified atom stereocenters. The Morgan fingerprint density at radius 1 is 1.60 bits per heavy atom. The van der Waals surface area contributed by atoms with Crippen LogP contribution in [-0.2, 0) is 6.54 Å². The first-order valence-corrected chi connectivity index (χ1v) is 5.01. The zero-order valence-corrected chi connectivity index (χ0v) is 9.27. The number of carbonyl (C=O) groups excluding carboxylic acids is 1. The van der Waals surface area contributed by atoms with Crippen LogP contribution in [0.25, 0.3) is 0 Å². The Hall–Kier alpha value is -1.56. The summed E-state index contributed by atoms with van der Waals surface area (Å²) in [5.74, 6) is 0.235. The Morgan fingerprint density at radius 3 is 2.93 bits per heavy atom. The molecule has 0 radical (unpaired) electrons. The third-order valence-corrected chi connectivity index (χ3v) is 2.23. The molecule has 0 fully saturated rings. The number of primary amides is 1. The van der Waals surface area contributed by atoms with Crippen LogP contribution in [0.4, 0.5) is 0 Å². The molecule has 0 aliphatic heterocycles. The number of nitrogens with zero attached hydrogens (tertiary/aromatic N) is 2. The standard InChI is InChI=1S/C9H8BrN3O2/c10-6-3-12-13(4-6)5-7-1-2-8(15-7)9(11)14/h1-4H,5H2,(H2,11,14). The van der Waals surface area contributed by atoms with Gasteiger partial charge in [0.1, 0.15) is 5.76 Å². The summed E-state index contributed by atoms with van der Waals surface area (Å²) in [5.41, 5.74) is 5.06. The molecule has 0 aliphatic rings. The van der Waals surface area contributed by atoms with Gasteiger partial charge in [0.2, 0.25) is 0 Å². The van der Waals surface area contributed by atoms with Crippen LogP contribution in [0.15, 0.2) is 33.4 Å². The van der Waals surface area contributed by atoms with Crippen molar-refractivity contribution in [3.63, 3.8) is 0 Å². The molecule has 2 heterocycles. The second-order valence-corrected chi connectivity index (χ2v) is 3.90. The average Bonchev–Trinajstić information content (AvgIpc) is 2.76. The lowest BCUT2D eigenvalue weighted by molar-refractivity contribution is 0.0972. The lowest BCUT2D eigenvalue weighted by Gasteiger charge is -1.96. The van der Waals surface area contributed by atoms with Crippen LogP contribution in [0.3, 0.4) is 0 Å². The third kappa shape index (κ3) is 2.27. The van der Waals surface area contributed by atoms with Crippen molar-refractivity contribution in [3.8, 4) is 0 Å². The second kappa shape index (κ2) is 3.90. The first-order chi connectivity index (χ1) is 7.15. The molecule has 0 bridgehead atoms. The highest BCUT2D eigenvalue weighted by molar-refractivity contribution is 9.10. The monoisotopic (exact) mass is 269 g/mol. The van der Waals surface area contributed by atoms with Crippen molar-refractivity contribution in [2.24, 2.45) is 5.73 Å². The minimum atomic E-state index is -0.567. The van der Waals surface area contributed by atoms with Gasteiger partial charge < -0.3 is 10.2 Å². The van der Waals surface area contributed by atoms with Gasteiger partial charge in [-0.15, -0.1) is 0 Å². The molecule has 2 rings (SSSR count). The van der Waals surface area contributed by atoms with E-state index in [0.717, 1.165) is 4.47 Å². The van der Waals surface area contributed by atoms with E-state index in [4.69, 9.17) is 10.2 Å². The molecule has 0 saturated carbocycles. The van der Waals surface area contributed by atoms with E-state index in [1.165, 1.54) is 0 Å². The minimum absolute atomic E-state index is 0.163. The highest BCUT2D eigenvalue weighted by Gasteiger charge is 2.07. The van der Waals surface area contributed by atoms with Gasteiger partial charge >= 0.3 is 0 Å². The maximum Gasteiger partial charge on any atom is 0.284 e. The normalized spacial score (nSPS) is 10.5. The molecule has 15 heavy (non-hydrogen) atoms. The van der Waals surface area contributed by atoms with Gasteiger partial charge in [-0.05, 0) is 28.1 Å². The van der Waals surface area contributed by atoms with Gasteiger partial charge in [-0.3, -0.25) is 9.48 Å². The Balaban J connectivity index is 2.14. The summed E-state index contributed by atoms with van der Waals surface area (Å²) in [4.78, 5) is 10.8. The van der Waals surface area contributed by atoms with E-state index in [1.54, 1.807) is 23.0 Å². The Labute approximate surface area is 94.0 Å². The Bertz CT molecular complexity index is 489. The van der Waals surface area contributed by atoms with E-state index in [9.17, 15) is 4.79 Å². The fourth-order valence-corrected chi connectivity index (χ4v) is 1.51. The smallest absolute Gasteiger partial charge is 0.284 e. The number of amides is 1. The summed E-state index contributed by atoms with van der Waals surface area (Å²) in [6.07, 6.45) is 3.49. The number of hydrogen-bond acceptors (Lipinski definition) is 3. The molecule has 5 nitrogen and oxygen atoms in total. The van der Waals surface area contributed by atoms with Crippen molar-refractivity contribution in [1.82, 2.24) is 9.78 Å². The number of aromatic nitrogens is 2. The highest BCUT2D eigenvalue weighted by Crippen LogP contribution is 2.11. The van der Waals surface area contributed by atoms with Gasteiger partial charge in [0.05, 0.1) is 17.2 Å². The maximum absolute atomic E-state index is 10.8. The van der Waals surface area contributed by atoms with E-state index >= 15 is 0 Å². The molecule has 1 amide bonds. The van der Waals surface area contributed by atoms with Crippen LogP contribution in [0.1, 0.15) is 16.3 Å². The van der Waals surface area contributed by atoms with E-state index < -0.39 is 5.91 Å². The Morgan fingerprint density at radius 2 is 2.40 bits per heavy atom. The molecule has 2 aromatic rings. The van der Waals surface area contributed by atoms with Crippen molar-refractivity contribution in [2.45, 2.75) is 6.54 Å². The van der Waals surface area contributed by atoms with Crippen LogP contribution >= 0.6 is 15.9 Å². The van der Waals surface area contributed by atoms with Gasteiger partial charge in [0, 0.05) is 6.20 Å². The lowest BCUT2D eigenvalue weighted by atomic mass is 10.4. The highest BCUT2D eigenvalue weighted by atomic mass is 79.9. The largest absolute Gasteiger partial charge is 0.454 e. The number of nitrogens with two attached hydrogens (primary N) is 1.